The number of aromatic nitrogens is 1. The summed E-state index contributed by atoms with van der Waals surface area (Å²) in [5, 5.41) is 3.07. The largest absolute Gasteiger partial charge is 0.381 e. The van der Waals surface area contributed by atoms with Gasteiger partial charge < -0.3 is 10.5 Å². The fourth-order valence-corrected chi connectivity index (χ4v) is 2.84. The van der Waals surface area contributed by atoms with Gasteiger partial charge in [0, 0.05) is 18.7 Å². The minimum atomic E-state index is -0.191. The first-order chi connectivity index (χ1) is 6.74. The molecule has 0 amide bonds. The lowest BCUT2D eigenvalue weighted by molar-refractivity contribution is 0.0493. The molecule has 0 atom stereocenters. The van der Waals surface area contributed by atoms with Gasteiger partial charge in [-0.05, 0) is 25.7 Å². The molecule has 0 aliphatic heterocycles. The third kappa shape index (κ3) is 1.82. The molecule has 0 radical (unpaired) electrons. The molecule has 0 saturated heterocycles. The van der Waals surface area contributed by atoms with Gasteiger partial charge in [0.2, 0.25) is 0 Å². The van der Waals surface area contributed by atoms with Crippen molar-refractivity contribution in [3.8, 4) is 0 Å². The van der Waals surface area contributed by atoms with Crippen LogP contribution in [0.3, 0.4) is 0 Å². The molecule has 78 valence electrons. The summed E-state index contributed by atoms with van der Waals surface area (Å²) in [6.45, 7) is 0. The van der Waals surface area contributed by atoms with Gasteiger partial charge in [0.05, 0.1) is 11.6 Å². The average molecular weight is 212 g/mol. The van der Waals surface area contributed by atoms with Gasteiger partial charge >= 0.3 is 0 Å². The molecule has 1 aromatic rings. The van der Waals surface area contributed by atoms with Crippen LogP contribution < -0.4 is 5.73 Å². The van der Waals surface area contributed by atoms with Crippen LogP contribution in [0.5, 0.6) is 0 Å². The SMILES string of the molecule is COC1CCC(N)(c2nccs2)CC1. The van der Waals surface area contributed by atoms with Crippen molar-refractivity contribution >= 4 is 11.3 Å². The van der Waals surface area contributed by atoms with Crippen LogP contribution in [-0.2, 0) is 10.3 Å². The minimum absolute atomic E-state index is 0.191. The van der Waals surface area contributed by atoms with Gasteiger partial charge in [0.1, 0.15) is 5.01 Å². The predicted molar refractivity (Wildman–Crippen MR) is 57.2 cm³/mol. The Morgan fingerprint density at radius 2 is 2.29 bits per heavy atom. The summed E-state index contributed by atoms with van der Waals surface area (Å²) < 4.78 is 5.33. The van der Waals surface area contributed by atoms with Crippen molar-refractivity contribution in [2.75, 3.05) is 7.11 Å². The summed E-state index contributed by atoms with van der Waals surface area (Å²) in [4.78, 5) is 4.32. The van der Waals surface area contributed by atoms with Gasteiger partial charge in [-0.15, -0.1) is 11.3 Å². The third-order valence-electron chi connectivity index (χ3n) is 3.02. The maximum atomic E-state index is 6.33. The van der Waals surface area contributed by atoms with Crippen molar-refractivity contribution in [2.24, 2.45) is 5.73 Å². The van der Waals surface area contributed by atoms with Crippen molar-refractivity contribution in [3.63, 3.8) is 0 Å². The van der Waals surface area contributed by atoms with Gasteiger partial charge in [0.15, 0.2) is 0 Å². The number of hydrogen-bond donors (Lipinski definition) is 1. The van der Waals surface area contributed by atoms with Crippen molar-refractivity contribution in [1.29, 1.82) is 0 Å². The van der Waals surface area contributed by atoms with E-state index in [1.165, 1.54) is 0 Å². The van der Waals surface area contributed by atoms with E-state index in [0.29, 0.717) is 6.10 Å². The molecule has 1 saturated carbocycles. The fourth-order valence-electron chi connectivity index (χ4n) is 2.03. The Labute approximate surface area is 88.3 Å². The molecule has 2 N–H and O–H groups in total. The van der Waals surface area contributed by atoms with Gasteiger partial charge in [-0.3, -0.25) is 0 Å². The van der Waals surface area contributed by atoms with Crippen molar-refractivity contribution in [2.45, 2.75) is 37.3 Å². The lowest BCUT2D eigenvalue weighted by atomic mass is 9.81. The third-order valence-corrected chi connectivity index (χ3v) is 4.01. The summed E-state index contributed by atoms with van der Waals surface area (Å²) >= 11 is 1.66. The molecule has 1 aliphatic rings. The van der Waals surface area contributed by atoms with Gasteiger partial charge in [-0.25, -0.2) is 4.98 Å². The Morgan fingerprint density at radius 1 is 1.57 bits per heavy atom. The smallest absolute Gasteiger partial charge is 0.112 e. The molecule has 2 rings (SSSR count). The van der Waals surface area contributed by atoms with Crippen LogP contribution in [0.25, 0.3) is 0 Å². The number of hydrogen-bond acceptors (Lipinski definition) is 4. The molecule has 1 fully saturated rings. The minimum Gasteiger partial charge on any atom is -0.381 e. The highest BCUT2D eigenvalue weighted by Gasteiger charge is 2.35. The highest BCUT2D eigenvalue weighted by Crippen LogP contribution is 2.36. The van der Waals surface area contributed by atoms with Crippen molar-refractivity contribution in [1.82, 2.24) is 4.98 Å². The van der Waals surface area contributed by atoms with Crippen LogP contribution in [0.1, 0.15) is 30.7 Å². The number of nitrogens with zero attached hydrogens (tertiary/aromatic N) is 1. The summed E-state index contributed by atoms with van der Waals surface area (Å²) in [5.74, 6) is 0. The molecule has 0 bridgehead atoms. The standard InChI is InChI=1S/C10H16N2OS/c1-13-8-2-4-10(11,5-3-8)9-12-6-7-14-9/h6-8H,2-5,11H2,1H3. The van der Waals surface area contributed by atoms with E-state index in [-0.39, 0.29) is 5.54 Å². The lowest BCUT2D eigenvalue weighted by Crippen LogP contribution is -2.41. The summed E-state index contributed by atoms with van der Waals surface area (Å²) in [5.41, 5.74) is 6.14. The lowest BCUT2D eigenvalue weighted by Gasteiger charge is -2.34. The maximum absolute atomic E-state index is 6.33. The van der Waals surface area contributed by atoms with Crippen LogP contribution in [-0.4, -0.2) is 18.2 Å². The predicted octanol–water partition coefficient (Wildman–Crippen LogP) is 1.89. The number of nitrogens with two attached hydrogens (primary N) is 1. The molecule has 0 aromatic carbocycles. The first-order valence-electron chi connectivity index (χ1n) is 4.96. The average Bonchev–Trinajstić information content (AvgIpc) is 2.72. The van der Waals surface area contributed by atoms with Crippen LogP contribution >= 0.6 is 11.3 Å². The van der Waals surface area contributed by atoms with Gasteiger partial charge in [-0.2, -0.15) is 0 Å². The Bertz CT molecular complexity index is 278. The van der Waals surface area contributed by atoms with E-state index < -0.39 is 0 Å². The zero-order valence-electron chi connectivity index (χ0n) is 8.40. The quantitative estimate of drug-likeness (QED) is 0.814. The van der Waals surface area contributed by atoms with E-state index in [9.17, 15) is 0 Å². The molecule has 3 nitrogen and oxygen atoms in total. The number of methoxy groups -OCH3 is 1. The summed E-state index contributed by atoms with van der Waals surface area (Å²) in [6, 6.07) is 0. The van der Waals surface area contributed by atoms with E-state index in [1.807, 2.05) is 11.6 Å². The van der Waals surface area contributed by atoms with Crippen LogP contribution in [0, 0.1) is 0 Å². The van der Waals surface area contributed by atoms with Gasteiger partial charge in [-0.1, -0.05) is 0 Å². The first kappa shape index (κ1) is 10.1. The van der Waals surface area contributed by atoms with Crippen molar-refractivity contribution < 1.29 is 4.74 Å². The summed E-state index contributed by atoms with van der Waals surface area (Å²) in [7, 11) is 1.78. The highest BCUT2D eigenvalue weighted by atomic mass is 32.1. The number of ether oxygens (including phenoxy) is 1. The fraction of sp³-hybridized carbons (Fsp3) is 0.700. The van der Waals surface area contributed by atoms with Crippen molar-refractivity contribution in [3.05, 3.63) is 16.6 Å². The van der Waals surface area contributed by atoms with E-state index in [2.05, 4.69) is 4.98 Å². The molecule has 1 aliphatic carbocycles. The monoisotopic (exact) mass is 212 g/mol. The first-order valence-corrected chi connectivity index (χ1v) is 5.84. The Kier molecular flexibility index (Phi) is 2.85. The van der Waals surface area contributed by atoms with Crippen LogP contribution in [0.15, 0.2) is 11.6 Å². The Hall–Kier alpha value is -0.450. The Balaban J connectivity index is 2.06. The summed E-state index contributed by atoms with van der Waals surface area (Å²) in [6.07, 6.45) is 6.29. The zero-order valence-corrected chi connectivity index (χ0v) is 9.22. The molecule has 0 spiro atoms. The number of rotatable bonds is 2. The van der Waals surface area contributed by atoms with Crippen LogP contribution in [0.2, 0.25) is 0 Å². The molecular weight excluding hydrogens is 196 g/mol. The maximum Gasteiger partial charge on any atom is 0.112 e. The normalized spacial score (nSPS) is 33.1. The second-order valence-electron chi connectivity index (χ2n) is 3.93. The molecule has 4 heteroatoms. The van der Waals surface area contributed by atoms with E-state index in [4.69, 9.17) is 10.5 Å². The molecule has 1 aromatic heterocycles. The molecule has 14 heavy (non-hydrogen) atoms. The molecule has 0 unspecified atom stereocenters. The molecular formula is C10H16N2OS. The second kappa shape index (κ2) is 3.96. The second-order valence-corrected chi connectivity index (χ2v) is 4.82. The zero-order chi connectivity index (χ0) is 10.0. The number of thiazole rings is 1. The Morgan fingerprint density at radius 3 is 2.79 bits per heavy atom. The topological polar surface area (TPSA) is 48.1 Å². The highest BCUT2D eigenvalue weighted by molar-refractivity contribution is 7.09. The van der Waals surface area contributed by atoms with Gasteiger partial charge in [0.25, 0.3) is 0 Å². The van der Waals surface area contributed by atoms with E-state index in [1.54, 1.807) is 18.4 Å². The van der Waals surface area contributed by atoms with E-state index >= 15 is 0 Å². The van der Waals surface area contributed by atoms with Crippen LogP contribution in [0.4, 0.5) is 0 Å². The van der Waals surface area contributed by atoms with E-state index in [0.717, 1.165) is 30.7 Å². The molecule has 1 heterocycles.